The summed E-state index contributed by atoms with van der Waals surface area (Å²) >= 11 is 6.29. The number of halogens is 1. The number of carbonyl (C=O) groups is 1. The highest BCUT2D eigenvalue weighted by molar-refractivity contribution is 6.32. The lowest BCUT2D eigenvalue weighted by Crippen LogP contribution is -2.31. The number of benzene rings is 1. The second-order valence-electron chi connectivity index (χ2n) is 7.09. The summed E-state index contributed by atoms with van der Waals surface area (Å²) in [5, 5.41) is 3.53. The van der Waals surface area contributed by atoms with Crippen LogP contribution in [0.4, 0.5) is 0 Å². The molecule has 0 atom stereocenters. The van der Waals surface area contributed by atoms with E-state index in [1.54, 1.807) is 6.07 Å². The first-order valence-corrected chi connectivity index (χ1v) is 10.2. The molecular formula is C20H29ClN2O3. The van der Waals surface area contributed by atoms with Crippen molar-refractivity contribution < 1.29 is 14.3 Å². The van der Waals surface area contributed by atoms with Gasteiger partial charge in [0.1, 0.15) is 0 Å². The van der Waals surface area contributed by atoms with Crippen LogP contribution in [0, 0.1) is 0 Å². The quantitative estimate of drug-likeness (QED) is 0.768. The van der Waals surface area contributed by atoms with Crippen molar-refractivity contribution in [2.75, 3.05) is 39.4 Å². The summed E-state index contributed by atoms with van der Waals surface area (Å²) in [5.74, 6) is 1.25. The molecule has 2 aliphatic rings. The Hall–Kier alpha value is -1.46. The van der Waals surface area contributed by atoms with Crippen LogP contribution >= 0.6 is 11.6 Å². The average Bonchev–Trinajstić information content (AvgIpc) is 3.01. The Kier molecular flexibility index (Phi) is 7.44. The first-order chi connectivity index (χ1) is 12.7. The highest BCUT2D eigenvalue weighted by Crippen LogP contribution is 2.38. The largest absolute Gasteiger partial charge is 0.489 e. The van der Waals surface area contributed by atoms with Crippen molar-refractivity contribution >= 4 is 17.5 Å². The zero-order chi connectivity index (χ0) is 18.2. The fourth-order valence-corrected chi connectivity index (χ4v) is 3.81. The van der Waals surface area contributed by atoms with Gasteiger partial charge < -0.3 is 19.7 Å². The van der Waals surface area contributed by atoms with Gasteiger partial charge in [-0.25, -0.2) is 0 Å². The van der Waals surface area contributed by atoms with Crippen molar-refractivity contribution in [2.24, 2.45) is 0 Å². The Bertz CT molecular complexity index is 601. The highest BCUT2D eigenvalue weighted by Gasteiger charge is 2.17. The number of ether oxygens (including phenoxy) is 2. The molecule has 0 bridgehead atoms. The summed E-state index contributed by atoms with van der Waals surface area (Å²) in [6, 6.07) is 3.66. The van der Waals surface area contributed by atoms with Crippen LogP contribution < -0.4 is 14.8 Å². The minimum Gasteiger partial charge on any atom is -0.489 e. The maximum absolute atomic E-state index is 12.2. The Morgan fingerprint density at radius 1 is 1.08 bits per heavy atom. The van der Waals surface area contributed by atoms with Gasteiger partial charge in [0.25, 0.3) is 0 Å². The second-order valence-corrected chi connectivity index (χ2v) is 7.50. The zero-order valence-electron chi connectivity index (χ0n) is 15.4. The number of nitrogens with one attached hydrogen (secondary N) is 1. The number of carbonyl (C=O) groups excluding carboxylic acids is 1. The Morgan fingerprint density at radius 3 is 2.65 bits per heavy atom. The maximum Gasteiger partial charge on any atom is 0.224 e. The van der Waals surface area contributed by atoms with Gasteiger partial charge >= 0.3 is 0 Å². The lowest BCUT2D eigenvalue weighted by atomic mass is 10.1. The van der Waals surface area contributed by atoms with Crippen molar-refractivity contribution in [3.63, 3.8) is 0 Å². The van der Waals surface area contributed by atoms with Gasteiger partial charge in [-0.05, 0) is 56.6 Å². The zero-order valence-corrected chi connectivity index (χ0v) is 16.2. The number of hydrogen-bond donors (Lipinski definition) is 1. The van der Waals surface area contributed by atoms with E-state index in [1.165, 1.54) is 38.8 Å². The van der Waals surface area contributed by atoms with Gasteiger partial charge in [0.2, 0.25) is 5.91 Å². The first-order valence-electron chi connectivity index (χ1n) is 9.79. The van der Waals surface area contributed by atoms with Gasteiger partial charge in [-0.15, -0.1) is 0 Å². The molecule has 1 N–H and O–H groups in total. The normalized spacial score (nSPS) is 18.0. The third-order valence-electron chi connectivity index (χ3n) is 4.90. The van der Waals surface area contributed by atoms with Gasteiger partial charge in [0, 0.05) is 13.0 Å². The lowest BCUT2D eigenvalue weighted by molar-refractivity contribution is -0.120. The van der Waals surface area contributed by atoms with Crippen molar-refractivity contribution in [1.29, 1.82) is 0 Å². The third kappa shape index (κ3) is 5.78. The summed E-state index contributed by atoms with van der Waals surface area (Å²) < 4.78 is 11.3. The minimum atomic E-state index is 0.0198. The van der Waals surface area contributed by atoms with E-state index in [-0.39, 0.29) is 5.91 Å². The molecule has 1 aromatic rings. The van der Waals surface area contributed by atoms with E-state index in [0.29, 0.717) is 42.7 Å². The van der Waals surface area contributed by atoms with Crippen LogP contribution in [0.25, 0.3) is 0 Å². The molecular weight excluding hydrogens is 352 g/mol. The van der Waals surface area contributed by atoms with Gasteiger partial charge in [-0.2, -0.15) is 0 Å². The molecule has 3 rings (SSSR count). The van der Waals surface area contributed by atoms with E-state index in [9.17, 15) is 4.79 Å². The van der Waals surface area contributed by atoms with Crippen molar-refractivity contribution in [3.8, 4) is 11.5 Å². The smallest absolute Gasteiger partial charge is 0.224 e. The van der Waals surface area contributed by atoms with E-state index < -0.39 is 0 Å². The van der Waals surface area contributed by atoms with Crippen molar-refractivity contribution in [3.05, 3.63) is 22.7 Å². The fraction of sp³-hybridized carbons (Fsp3) is 0.650. The molecule has 0 unspecified atom stereocenters. The molecule has 0 aliphatic carbocycles. The predicted molar refractivity (Wildman–Crippen MR) is 103 cm³/mol. The first kappa shape index (κ1) is 19.3. The average molecular weight is 381 g/mol. The van der Waals surface area contributed by atoms with E-state index in [2.05, 4.69) is 10.2 Å². The van der Waals surface area contributed by atoms with E-state index >= 15 is 0 Å². The topological polar surface area (TPSA) is 50.8 Å². The van der Waals surface area contributed by atoms with Gasteiger partial charge in [-0.3, -0.25) is 4.79 Å². The Morgan fingerprint density at radius 2 is 1.85 bits per heavy atom. The van der Waals surface area contributed by atoms with Gasteiger partial charge in [-0.1, -0.05) is 24.4 Å². The predicted octanol–water partition coefficient (Wildman–Crippen LogP) is 3.43. The highest BCUT2D eigenvalue weighted by atomic mass is 35.5. The molecule has 6 heteroatoms. The Balaban J connectivity index is 1.43. The number of nitrogens with zero attached hydrogens (tertiary/aromatic N) is 1. The summed E-state index contributed by atoms with van der Waals surface area (Å²) in [6.45, 7) is 5.39. The number of amides is 1. The van der Waals surface area contributed by atoms with Crippen molar-refractivity contribution in [2.45, 2.75) is 44.9 Å². The summed E-state index contributed by atoms with van der Waals surface area (Å²) in [6.07, 6.45) is 7.44. The van der Waals surface area contributed by atoms with Crippen LogP contribution in [-0.2, 0) is 11.2 Å². The third-order valence-corrected chi connectivity index (χ3v) is 5.18. The fourth-order valence-electron chi connectivity index (χ4n) is 3.52. The van der Waals surface area contributed by atoms with E-state index in [0.717, 1.165) is 24.9 Å². The van der Waals surface area contributed by atoms with Gasteiger partial charge in [0.05, 0.1) is 24.7 Å². The molecule has 1 fully saturated rings. The molecule has 0 saturated carbocycles. The van der Waals surface area contributed by atoms with Crippen LogP contribution in [0.2, 0.25) is 5.02 Å². The molecule has 26 heavy (non-hydrogen) atoms. The number of rotatable bonds is 6. The van der Waals surface area contributed by atoms with Crippen LogP contribution in [0.5, 0.6) is 11.5 Å². The lowest BCUT2D eigenvalue weighted by Gasteiger charge is -2.19. The van der Waals surface area contributed by atoms with Crippen molar-refractivity contribution in [1.82, 2.24) is 10.2 Å². The molecule has 2 aliphatic heterocycles. The minimum absolute atomic E-state index is 0.0198. The number of likely N-dealkylation sites (tertiary alicyclic amines) is 1. The second kappa shape index (κ2) is 10.0. The summed E-state index contributed by atoms with van der Waals surface area (Å²) in [5.41, 5.74) is 0.851. The molecule has 2 heterocycles. The molecule has 0 radical (unpaired) electrons. The number of hydrogen-bond acceptors (Lipinski definition) is 4. The van der Waals surface area contributed by atoms with Crippen LogP contribution in [-0.4, -0.2) is 50.2 Å². The molecule has 0 aromatic heterocycles. The molecule has 1 aromatic carbocycles. The molecule has 1 amide bonds. The summed E-state index contributed by atoms with van der Waals surface area (Å²) in [7, 11) is 0. The molecule has 144 valence electrons. The Labute approximate surface area is 161 Å². The standard InChI is InChI=1S/C20H29ClN2O3/c21-17-13-16(14-18-20(17)26-12-6-11-25-18)15-19(24)22-7-5-10-23-8-3-1-2-4-9-23/h13-14H,1-12,15H2,(H,22,24). The van der Waals surface area contributed by atoms with E-state index in [4.69, 9.17) is 21.1 Å². The SMILES string of the molecule is O=C(Cc1cc(Cl)c2c(c1)OCCCO2)NCCCN1CCCCCC1. The molecule has 5 nitrogen and oxygen atoms in total. The van der Waals surface area contributed by atoms with Crippen LogP contribution in [0.15, 0.2) is 12.1 Å². The van der Waals surface area contributed by atoms with E-state index in [1.807, 2.05) is 6.07 Å². The van der Waals surface area contributed by atoms with Crippen LogP contribution in [0.3, 0.4) is 0 Å². The molecule has 1 saturated heterocycles. The maximum atomic E-state index is 12.2. The monoisotopic (exact) mass is 380 g/mol. The van der Waals surface area contributed by atoms with Crippen LogP contribution in [0.1, 0.15) is 44.1 Å². The number of fused-ring (bicyclic) bond motifs is 1. The van der Waals surface area contributed by atoms with Gasteiger partial charge in [0.15, 0.2) is 11.5 Å². The summed E-state index contributed by atoms with van der Waals surface area (Å²) in [4.78, 5) is 14.7. The molecule has 0 spiro atoms.